The second kappa shape index (κ2) is 5.78. The molecule has 0 fully saturated rings. The fourth-order valence-electron chi connectivity index (χ4n) is 0.874. The molecule has 2 N–H and O–H groups in total. The van der Waals surface area contributed by atoms with Gasteiger partial charge in [-0.3, -0.25) is 9.35 Å². The normalized spacial score (nSPS) is 12.9. The third-order valence-electron chi connectivity index (χ3n) is 1.60. The first kappa shape index (κ1) is 14.8. The van der Waals surface area contributed by atoms with Crippen LogP contribution in [0.4, 0.5) is 0 Å². The molecule has 1 unspecified atom stereocenters. The third-order valence-corrected chi connectivity index (χ3v) is 2.43. The number of rotatable bonds is 3. The molecule has 15 heavy (non-hydrogen) atoms. The molecule has 0 saturated heterocycles. The molecule has 0 spiro atoms. The number of aliphatic hydroxyl groups is 1. The van der Waals surface area contributed by atoms with Gasteiger partial charge in [-0.2, -0.15) is 8.42 Å². The second-order valence-corrected chi connectivity index (χ2v) is 4.23. The van der Waals surface area contributed by atoms with Crippen LogP contribution >= 0.6 is 0 Å². The zero-order valence-electron chi connectivity index (χ0n) is 8.07. The largest absolute Gasteiger partial charge is 1.00 e. The van der Waals surface area contributed by atoms with Gasteiger partial charge in [-0.15, -0.1) is 0 Å². The predicted molar refractivity (Wildman–Crippen MR) is 48.3 cm³/mol. The predicted octanol–water partition coefficient (Wildman–Crippen LogP) is -3.94. The van der Waals surface area contributed by atoms with Crippen molar-refractivity contribution in [2.75, 3.05) is 0 Å². The zero-order valence-corrected chi connectivity index (χ0v) is 10.9. The third kappa shape index (κ3) is 4.45. The van der Waals surface area contributed by atoms with Crippen molar-refractivity contribution in [1.29, 1.82) is 0 Å². The summed E-state index contributed by atoms with van der Waals surface area (Å²) < 4.78 is 30.3. The van der Waals surface area contributed by atoms with E-state index in [1.807, 2.05) is 0 Å². The summed E-state index contributed by atoms with van der Waals surface area (Å²) in [6.07, 6.45) is 1.32. The molecule has 0 radical (unpaired) electrons. The summed E-state index contributed by atoms with van der Waals surface area (Å²) >= 11 is 0. The van der Waals surface area contributed by atoms with Gasteiger partial charge in [0.2, 0.25) is 0 Å². The summed E-state index contributed by atoms with van der Waals surface area (Å²) in [4.78, 5) is 11.1. The maximum absolute atomic E-state index is 11.1. The van der Waals surface area contributed by atoms with Crippen LogP contribution in [0.1, 0.15) is 0 Å². The summed E-state index contributed by atoms with van der Waals surface area (Å²) in [6, 6.07) is 4.22. The molecule has 0 aromatic carbocycles. The fourth-order valence-corrected chi connectivity index (χ4v) is 1.22. The van der Waals surface area contributed by atoms with Crippen LogP contribution in [0.2, 0.25) is 0 Å². The molecule has 1 atom stereocenters. The topological polar surface area (TPSA) is 96.6 Å². The number of hydrogen-bond acceptors (Lipinski definition) is 4. The first-order valence-electron chi connectivity index (χ1n) is 3.71. The van der Waals surface area contributed by atoms with Crippen molar-refractivity contribution in [3.05, 3.63) is 34.7 Å². The molecule has 78 valence electrons. The van der Waals surface area contributed by atoms with Gasteiger partial charge in [0.25, 0.3) is 15.7 Å². The molecule has 1 rings (SSSR count). The second-order valence-electron chi connectivity index (χ2n) is 2.66. The van der Waals surface area contributed by atoms with Gasteiger partial charge in [-0.05, 0) is 6.07 Å². The average molecular weight is 242 g/mol. The van der Waals surface area contributed by atoms with Gasteiger partial charge in [-0.1, -0.05) is 6.07 Å². The van der Waals surface area contributed by atoms with E-state index in [9.17, 15) is 13.2 Å². The Bertz CT molecular complexity index is 468. The number of pyridine rings is 1. The van der Waals surface area contributed by atoms with Gasteiger partial charge in [0.1, 0.15) is 0 Å². The Balaban J connectivity index is 0.00000196. The molecule has 0 aliphatic carbocycles. The van der Waals surface area contributed by atoms with Crippen molar-refractivity contribution in [3.8, 4) is 0 Å². The van der Waals surface area contributed by atoms with Crippen LogP contribution < -0.4 is 35.1 Å². The summed E-state index contributed by atoms with van der Waals surface area (Å²) in [5, 5.41) is 8.97. The summed E-state index contributed by atoms with van der Waals surface area (Å²) in [5.41, 5.74) is -2.43. The molecule has 0 amide bonds. The summed E-state index contributed by atoms with van der Waals surface area (Å²) in [7, 11) is -4.52. The molecular weight excluding hydrogens is 233 g/mol. The van der Waals surface area contributed by atoms with Crippen molar-refractivity contribution in [2.45, 2.75) is 12.0 Å². The van der Waals surface area contributed by atoms with Crippen molar-refractivity contribution in [2.24, 2.45) is 0 Å². The Labute approximate surface area is 109 Å². The van der Waals surface area contributed by atoms with Crippen LogP contribution in [0.15, 0.2) is 29.2 Å². The first-order valence-corrected chi connectivity index (χ1v) is 5.21. The first-order chi connectivity index (χ1) is 6.41. The van der Waals surface area contributed by atoms with E-state index in [4.69, 9.17) is 9.66 Å². The van der Waals surface area contributed by atoms with Crippen LogP contribution in [-0.2, 0) is 16.7 Å². The minimum absolute atomic E-state index is 0. The Hall–Kier alpha value is -0.180. The maximum Gasteiger partial charge on any atom is 1.00 e. The van der Waals surface area contributed by atoms with Crippen LogP contribution in [0.3, 0.4) is 0 Å². The van der Waals surface area contributed by atoms with Gasteiger partial charge in [0.15, 0.2) is 5.44 Å². The zero-order chi connectivity index (χ0) is 10.8. The molecule has 0 aliphatic heterocycles. The number of hydrogen-bond donors (Lipinski definition) is 2. The molecule has 8 heteroatoms. The van der Waals surface area contributed by atoms with E-state index in [2.05, 4.69) is 0 Å². The average Bonchev–Trinajstić information content (AvgIpc) is 2.07. The maximum atomic E-state index is 11.1. The number of nitrogens with zero attached hydrogens (tertiary/aromatic N) is 1. The summed E-state index contributed by atoms with van der Waals surface area (Å²) in [6.45, 7) is -0.488. The Morgan fingerprint density at radius 1 is 1.40 bits per heavy atom. The van der Waals surface area contributed by atoms with Crippen molar-refractivity contribution in [3.63, 3.8) is 0 Å². The van der Waals surface area contributed by atoms with E-state index < -0.39 is 27.7 Å². The molecule has 0 saturated carbocycles. The molecule has 6 nitrogen and oxygen atoms in total. The van der Waals surface area contributed by atoms with Crippen molar-refractivity contribution >= 4 is 10.1 Å². The van der Waals surface area contributed by atoms with Gasteiger partial charge in [0.05, 0.1) is 6.54 Å². The number of aromatic nitrogens is 1. The van der Waals surface area contributed by atoms with Crippen molar-refractivity contribution in [1.82, 2.24) is 4.57 Å². The van der Waals surface area contributed by atoms with E-state index in [1.54, 1.807) is 0 Å². The smallest absolute Gasteiger partial charge is 0.374 e. The van der Waals surface area contributed by atoms with Crippen LogP contribution in [0.5, 0.6) is 0 Å². The van der Waals surface area contributed by atoms with E-state index in [-0.39, 0.29) is 29.6 Å². The summed E-state index contributed by atoms with van der Waals surface area (Å²) in [5.74, 6) is 0. The Morgan fingerprint density at radius 2 is 2.00 bits per heavy atom. The Kier molecular flexibility index (Phi) is 5.71. The SMILES string of the molecule is O=c1ccccn1CC(O)S(=O)(=O)O.[Na+]. The molecule has 1 aromatic heterocycles. The van der Waals surface area contributed by atoms with E-state index in [0.29, 0.717) is 0 Å². The van der Waals surface area contributed by atoms with E-state index >= 15 is 0 Å². The van der Waals surface area contributed by atoms with Crippen LogP contribution in [0.25, 0.3) is 0 Å². The van der Waals surface area contributed by atoms with Gasteiger partial charge < -0.3 is 9.67 Å². The Morgan fingerprint density at radius 3 is 2.47 bits per heavy atom. The molecular formula is C7H9NNaO5S+. The minimum Gasteiger partial charge on any atom is -0.374 e. The van der Waals surface area contributed by atoms with Crippen molar-refractivity contribution < 1.29 is 47.6 Å². The van der Waals surface area contributed by atoms with Gasteiger partial charge >= 0.3 is 29.6 Å². The monoisotopic (exact) mass is 242 g/mol. The minimum atomic E-state index is -4.52. The molecule has 0 aliphatic rings. The van der Waals surface area contributed by atoms with Crippen LogP contribution in [-0.4, -0.2) is 28.1 Å². The van der Waals surface area contributed by atoms with E-state index in [1.165, 1.54) is 24.4 Å². The molecule has 1 heterocycles. The quantitative estimate of drug-likeness (QED) is 0.416. The van der Waals surface area contributed by atoms with Gasteiger partial charge in [-0.25, -0.2) is 0 Å². The van der Waals surface area contributed by atoms with E-state index in [0.717, 1.165) is 4.57 Å². The number of aliphatic hydroxyl groups excluding tert-OH is 1. The standard InChI is InChI=1S/C7H9NO5S.Na/c9-6-3-1-2-4-8(6)5-7(10)14(11,12)13;/h1-4,7,10H,5H2,(H,11,12,13);/q;+1. The molecule has 0 bridgehead atoms. The fraction of sp³-hybridized carbons (Fsp3) is 0.286. The van der Waals surface area contributed by atoms with Gasteiger partial charge in [0, 0.05) is 12.3 Å². The molecule has 1 aromatic rings. The van der Waals surface area contributed by atoms with Crippen LogP contribution in [0, 0.1) is 0 Å².